The molecule has 2 heterocycles. The van der Waals surface area contributed by atoms with Gasteiger partial charge in [0, 0.05) is 29.3 Å². The Balaban J connectivity index is 2.22. The van der Waals surface area contributed by atoms with Gasteiger partial charge in [-0.3, -0.25) is 9.78 Å². The molecule has 0 aromatic carbocycles. The zero-order chi connectivity index (χ0) is 11.8. The Morgan fingerprint density at radius 1 is 1.24 bits per heavy atom. The maximum atomic E-state index is 12.0. The Bertz CT molecular complexity index is 577. The molecule has 2 aromatic rings. The molecule has 0 amide bonds. The summed E-state index contributed by atoms with van der Waals surface area (Å²) in [5, 5.41) is 0. The van der Waals surface area contributed by atoms with Crippen LogP contribution in [0.1, 0.15) is 28.8 Å². The molecular formula is C13H10ClNOS. The van der Waals surface area contributed by atoms with E-state index in [9.17, 15) is 4.79 Å². The van der Waals surface area contributed by atoms with Gasteiger partial charge in [0.25, 0.3) is 0 Å². The van der Waals surface area contributed by atoms with Crippen molar-refractivity contribution in [3.8, 4) is 10.4 Å². The average Bonchev–Trinajstić information content (AvgIpc) is 2.70. The molecule has 17 heavy (non-hydrogen) atoms. The van der Waals surface area contributed by atoms with Crippen molar-refractivity contribution < 1.29 is 4.79 Å². The number of pyridine rings is 1. The van der Waals surface area contributed by atoms with Gasteiger partial charge in [-0.25, -0.2) is 0 Å². The molecule has 3 rings (SSSR count). The van der Waals surface area contributed by atoms with E-state index < -0.39 is 0 Å². The number of hydrogen-bond donors (Lipinski definition) is 0. The van der Waals surface area contributed by atoms with E-state index in [0.717, 1.165) is 38.7 Å². The molecule has 1 aliphatic carbocycles. The molecule has 0 aliphatic heterocycles. The first-order chi connectivity index (χ1) is 8.27. The monoisotopic (exact) mass is 263 g/mol. The van der Waals surface area contributed by atoms with Crippen LogP contribution in [0.5, 0.6) is 0 Å². The van der Waals surface area contributed by atoms with Crippen LogP contribution in [-0.2, 0) is 6.42 Å². The Kier molecular flexibility index (Phi) is 2.73. The SMILES string of the molecule is O=C1CCCc2c(Cl)sc(-c3ccncc3)c21. The van der Waals surface area contributed by atoms with Crippen molar-refractivity contribution >= 4 is 28.7 Å². The van der Waals surface area contributed by atoms with Gasteiger partial charge >= 0.3 is 0 Å². The number of rotatable bonds is 1. The molecule has 2 aromatic heterocycles. The number of halogens is 1. The first-order valence-corrected chi connectivity index (χ1v) is 6.71. The Morgan fingerprint density at radius 3 is 2.76 bits per heavy atom. The number of carbonyl (C=O) groups is 1. The van der Waals surface area contributed by atoms with Gasteiger partial charge in [0.1, 0.15) is 0 Å². The summed E-state index contributed by atoms with van der Waals surface area (Å²) in [5.41, 5.74) is 2.92. The molecule has 0 fully saturated rings. The highest BCUT2D eigenvalue weighted by Gasteiger charge is 2.26. The molecule has 0 spiro atoms. The summed E-state index contributed by atoms with van der Waals surface area (Å²) >= 11 is 7.73. The van der Waals surface area contributed by atoms with Crippen molar-refractivity contribution in [3.63, 3.8) is 0 Å². The highest BCUT2D eigenvalue weighted by Crippen LogP contribution is 2.42. The molecule has 0 unspecified atom stereocenters. The number of nitrogens with zero attached hydrogens (tertiary/aromatic N) is 1. The molecular weight excluding hydrogens is 254 g/mol. The van der Waals surface area contributed by atoms with Crippen LogP contribution in [0.4, 0.5) is 0 Å². The summed E-state index contributed by atoms with van der Waals surface area (Å²) in [5.74, 6) is 0.223. The number of carbonyl (C=O) groups excluding carboxylic acids is 1. The molecule has 0 saturated carbocycles. The minimum atomic E-state index is 0.223. The summed E-state index contributed by atoms with van der Waals surface area (Å²) in [7, 11) is 0. The van der Waals surface area contributed by atoms with E-state index in [1.807, 2.05) is 12.1 Å². The standard InChI is InChI=1S/C13H10ClNOS/c14-13-9-2-1-3-10(16)11(9)12(17-13)8-4-6-15-7-5-8/h4-7H,1-3H2. The Hall–Kier alpha value is -1.19. The predicted molar refractivity (Wildman–Crippen MR) is 69.8 cm³/mol. The normalized spacial score (nSPS) is 14.8. The molecule has 0 atom stereocenters. The molecule has 0 radical (unpaired) electrons. The topological polar surface area (TPSA) is 30.0 Å². The Morgan fingerprint density at radius 2 is 2.00 bits per heavy atom. The van der Waals surface area contributed by atoms with Crippen LogP contribution >= 0.6 is 22.9 Å². The molecule has 1 aliphatic rings. The number of fused-ring (bicyclic) bond motifs is 1. The van der Waals surface area contributed by atoms with E-state index in [0.29, 0.717) is 6.42 Å². The highest BCUT2D eigenvalue weighted by molar-refractivity contribution is 7.20. The van der Waals surface area contributed by atoms with Crippen LogP contribution in [-0.4, -0.2) is 10.8 Å². The third-order valence-electron chi connectivity index (χ3n) is 3.01. The van der Waals surface area contributed by atoms with E-state index >= 15 is 0 Å². The van der Waals surface area contributed by atoms with Crippen LogP contribution < -0.4 is 0 Å². The second-order valence-corrected chi connectivity index (χ2v) is 5.69. The summed E-state index contributed by atoms with van der Waals surface area (Å²) in [6.07, 6.45) is 5.95. The maximum absolute atomic E-state index is 12.0. The summed E-state index contributed by atoms with van der Waals surface area (Å²) in [6, 6.07) is 3.84. The lowest BCUT2D eigenvalue weighted by atomic mass is 9.91. The lowest BCUT2D eigenvalue weighted by molar-refractivity contribution is 0.0974. The van der Waals surface area contributed by atoms with Gasteiger partial charge in [-0.1, -0.05) is 11.6 Å². The second kappa shape index (κ2) is 4.24. The zero-order valence-corrected chi connectivity index (χ0v) is 10.6. The van der Waals surface area contributed by atoms with E-state index in [4.69, 9.17) is 11.6 Å². The van der Waals surface area contributed by atoms with Gasteiger partial charge < -0.3 is 0 Å². The van der Waals surface area contributed by atoms with Crippen molar-refractivity contribution in [2.24, 2.45) is 0 Å². The van der Waals surface area contributed by atoms with Crippen LogP contribution in [0.15, 0.2) is 24.5 Å². The van der Waals surface area contributed by atoms with E-state index in [2.05, 4.69) is 4.98 Å². The van der Waals surface area contributed by atoms with Crippen LogP contribution in [0.3, 0.4) is 0 Å². The zero-order valence-electron chi connectivity index (χ0n) is 9.07. The number of Topliss-reactive ketones (excluding diaryl/α,β-unsaturated/α-hetero) is 1. The van der Waals surface area contributed by atoms with Gasteiger partial charge in [0.2, 0.25) is 0 Å². The van der Waals surface area contributed by atoms with Gasteiger partial charge in [-0.15, -0.1) is 11.3 Å². The smallest absolute Gasteiger partial charge is 0.164 e. The summed E-state index contributed by atoms with van der Waals surface area (Å²) in [4.78, 5) is 17.0. The van der Waals surface area contributed by atoms with Gasteiger partial charge in [-0.2, -0.15) is 0 Å². The van der Waals surface area contributed by atoms with Gasteiger partial charge in [0.15, 0.2) is 5.78 Å². The van der Waals surface area contributed by atoms with Crippen molar-refractivity contribution in [2.45, 2.75) is 19.3 Å². The number of aromatic nitrogens is 1. The molecule has 0 bridgehead atoms. The van der Waals surface area contributed by atoms with Crippen molar-refractivity contribution in [1.82, 2.24) is 4.98 Å². The lowest BCUT2D eigenvalue weighted by Crippen LogP contribution is -2.09. The third kappa shape index (κ3) is 1.79. The largest absolute Gasteiger partial charge is 0.294 e. The van der Waals surface area contributed by atoms with Gasteiger partial charge in [0.05, 0.1) is 4.34 Å². The fourth-order valence-corrected chi connectivity index (χ4v) is 3.73. The highest BCUT2D eigenvalue weighted by atomic mass is 35.5. The van der Waals surface area contributed by atoms with Crippen LogP contribution in [0, 0.1) is 0 Å². The quantitative estimate of drug-likeness (QED) is 0.779. The number of hydrogen-bond acceptors (Lipinski definition) is 3. The third-order valence-corrected chi connectivity index (χ3v) is 4.54. The molecule has 4 heteroatoms. The second-order valence-electron chi connectivity index (χ2n) is 4.07. The van der Waals surface area contributed by atoms with Crippen LogP contribution in [0.25, 0.3) is 10.4 Å². The number of thiophene rings is 1. The minimum absolute atomic E-state index is 0.223. The number of ketones is 1. The summed E-state index contributed by atoms with van der Waals surface area (Å²) < 4.78 is 0.764. The molecule has 0 saturated heterocycles. The van der Waals surface area contributed by atoms with E-state index in [-0.39, 0.29) is 5.78 Å². The first kappa shape index (κ1) is 10.9. The van der Waals surface area contributed by atoms with Crippen LogP contribution in [0.2, 0.25) is 4.34 Å². The molecule has 86 valence electrons. The lowest BCUT2D eigenvalue weighted by Gasteiger charge is -2.12. The van der Waals surface area contributed by atoms with E-state index in [1.165, 1.54) is 11.3 Å². The maximum Gasteiger partial charge on any atom is 0.164 e. The average molecular weight is 264 g/mol. The fourth-order valence-electron chi connectivity index (χ4n) is 2.21. The first-order valence-electron chi connectivity index (χ1n) is 5.52. The Labute approximate surface area is 108 Å². The summed E-state index contributed by atoms with van der Waals surface area (Å²) in [6.45, 7) is 0. The molecule has 0 N–H and O–H groups in total. The fraction of sp³-hybridized carbons (Fsp3) is 0.231. The van der Waals surface area contributed by atoms with Crippen molar-refractivity contribution in [2.75, 3.05) is 0 Å². The van der Waals surface area contributed by atoms with E-state index in [1.54, 1.807) is 12.4 Å². The van der Waals surface area contributed by atoms with Crippen molar-refractivity contribution in [1.29, 1.82) is 0 Å². The van der Waals surface area contributed by atoms with Crippen molar-refractivity contribution in [3.05, 3.63) is 40.0 Å². The minimum Gasteiger partial charge on any atom is -0.294 e. The van der Waals surface area contributed by atoms with Gasteiger partial charge in [-0.05, 0) is 36.1 Å². The predicted octanol–water partition coefficient (Wildman–Crippen LogP) is 3.98. The molecule has 2 nitrogen and oxygen atoms in total.